The first kappa shape index (κ1) is 16.0. The van der Waals surface area contributed by atoms with Crippen LogP contribution in [0, 0.1) is 0 Å². The van der Waals surface area contributed by atoms with E-state index < -0.39 is 22.7 Å². The normalized spacial score (nSPS) is 37.0. The van der Waals surface area contributed by atoms with Gasteiger partial charge in [0.25, 0.3) is 17.5 Å². The van der Waals surface area contributed by atoms with Crippen molar-refractivity contribution in [1.82, 2.24) is 10.2 Å². The van der Waals surface area contributed by atoms with Gasteiger partial charge in [-0.25, -0.2) is 0 Å². The molecule has 3 heterocycles. The fourth-order valence-electron chi connectivity index (χ4n) is 4.49. The highest BCUT2D eigenvalue weighted by molar-refractivity contribution is 8.00. The molecule has 4 atom stereocenters. The second kappa shape index (κ2) is 5.14. The third-order valence-corrected chi connectivity index (χ3v) is 6.90. The number of ether oxygens (including phenoxy) is 1. The predicted molar refractivity (Wildman–Crippen MR) is 96.4 cm³/mol. The van der Waals surface area contributed by atoms with E-state index in [2.05, 4.69) is 5.32 Å². The number of aliphatic hydroxyl groups is 1. The van der Waals surface area contributed by atoms with Gasteiger partial charge in [0.15, 0.2) is 4.87 Å². The number of para-hydroxylation sites is 1. The number of thioether (sulfide) groups is 1. The van der Waals surface area contributed by atoms with Crippen molar-refractivity contribution in [2.45, 2.75) is 35.6 Å². The van der Waals surface area contributed by atoms with Crippen LogP contribution in [0.5, 0.6) is 5.75 Å². The fraction of sp³-hybridized carbons (Fsp3) is 0.368. The van der Waals surface area contributed by atoms with Gasteiger partial charge in [-0.3, -0.25) is 9.59 Å². The van der Waals surface area contributed by atoms with Gasteiger partial charge in [0.1, 0.15) is 5.75 Å². The number of hydrogen-bond donors (Lipinski definition) is 2. The number of benzene rings is 1. The molecule has 0 bridgehead atoms. The molecule has 5 rings (SSSR count). The van der Waals surface area contributed by atoms with Crippen LogP contribution in [-0.2, 0) is 16.0 Å². The van der Waals surface area contributed by atoms with Crippen molar-refractivity contribution in [3.05, 3.63) is 53.6 Å². The van der Waals surface area contributed by atoms with Crippen molar-refractivity contribution in [3.8, 4) is 5.75 Å². The Bertz CT molecular complexity index is 870. The molecule has 4 unspecified atom stereocenters. The first-order valence-electron chi connectivity index (χ1n) is 8.54. The number of carbonyl (C=O) groups excluding carboxylic acids is 2. The van der Waals surface area contributed by atoms with E-state index in [0.717, 1.165) is 11.1 Å². The molecule has 1 aromatic carbocycles. The van der Waals surface area contributed by atoms with Crippen molar-refractivity contribution in [2.75, 3.05) is 6.26 Å². The highest BCUT2D eigenvalue weighted by atomic mass is 32.2. The molecule has 2 saturated heterocycles. The monoisotopic (exact) mass is 370 g/mol. The molecule has 1 aromatic rings. The van der Waals surface area contributed by atoms with E-state index in [1.807, 2.05) is 30.5 Å². The number of rotatable bonds is 1. The van der Waals surface area contributed by atoms with E-state index in [4.69, 9.17) is 4.74 Å². The molecule has 2 N–H and O–H groups in total. The molecule has 6 nitrogen and oxygen atoms in total. The summed E-state index contributed by atoms with van der Waals surface area (Å²) in [5.41, 5.74) is 0.346. The summed E-state index contributed by atoms with van der Waals surface area (Å²) in [7, 11) is 0. The second-order valence-corrected chi connectivity index (χ2v) is 8.15. The average molecular weight is 370 g/mol. The van der Waals surface area contributed by atoms with Crippen molar-refractivity contribution in [2.24, 2.45) is 0 Å². The Morgan fingerprint density at radius 1 is 1.31 bits per heavy atom. The average Bonchev–Trinajstić information content (AvgIpc) is 3.17. The second-order valence-electron chi connectivity index (χ2n) is 7.07. The summed E-state index contributed by atoms with van der Waals surface area (Å²) in [5.74, 6) is 0.0576. The van der Waals surface area contributed by atoms with E-state index >= 15 is 0 Å². The zero-order valence-corrected chi connectivity index (χ0v) is 15.0. The Hall–Kier alpha value is -2.25. The standard InChI is InChI=1S/C19H18N2O4S/c1-26-19-10-12-6-4-7-13(22)15(12)21(19)17(24)18(20-16(19)23)9-11-5-2-3-8-14(11)25-18/h2-8,13,15,22H,9-10H2,1H3,(H,20,23). The number of fused-ring (bicyclic) bond motifs is 4. The molecule has 0 saturated carbocycles. The quantitative estimate of drug-likeness (QED) is 0.770. The summed E-state index contributed by atoms with van der Waals surface area (Å²) in [6.45, 7) is 0. The van der Waals surface area contributed by atoms with E-state index in [0.29, 0.717) is 12.2 Å². The van der Waals surface area contributed by atoms with Gasteiger partial charge >= 0.3 is 0 Å². The Balaban J connectivity index is 1.62. The number of nitrogens with zero attached hydrogens (tertiary/aromatic N) is 1. The Kier molecular flexibility index (Phi) is 3.16. The molecule has 2 fully saturated rings. The molecule has 26 heavy (non-hydrogen) atoms. The maximum Gasteiger partial charge on any atom is 0.290 e. The van der Waals surface area contributed by atoms with E-state index in [-0.39, 0.29) is 18.2 Å². The van der Waals surface area contributed by atoms with Crippen molar-refractivity contribution in [3.63, 3.8) is 0 Å². The smallest absolute Gasteiger partial charge is 0.290 e. The summed E-state index contributed by atoms with van der Waals surface area (Å²) in [4.78, 5) is 27.3. The van der Waals surface area contributed by atoms with Crippen LogP contribution in [0.25, 0.3) is 0 Å². The lowest BCUT2D eigenvalue weighted by Crippen LogP contribution is -2.76. The molecule has 1 aliphatic carbocycles. The van der Waals surface area contributed by atoms with Gasteiger partial charge < -0.3 is 20.1 Å². The molecule has 2 amide bonds. The first-order valence-corrected chi connectivity index (χ1v) is 9.77. The number of carbonyl (C=O) groups is 2. The summed E-state index contributed by atoms with van der Waals surface area (Å²) in [6, 6.07) is 6.89. The van der Waals surface area contributed by atoms with Gasteiger partial charge in [-0.15, -0.1) is 11.8 Å². The lowest BCUT2D eigenvalue weighted by Gasteiger charge is -2.48. The van der Waals surface area contributed by atoms with E-state index in [1.54, 1.807) is 23.1 Å². The zero-order valence-electron chi connectivity index (χ0n) is 14.1. The fourth-order valence-corrected chi connectivity index (χ4v) is 5.43. The SMILES string of the molecule is CSC12CC3=CC=CC(O)C3N1C(=O)C1(Cc3ccccc3O1)NC2=O. The van der Waals surface area contributed by atoms with E-state index in [9.17, 15) is 14.7 Å². The van der Waals surface area contributed by atoms with Crippen molar-refractivity contribution < 1.29 is 19.4 Å². The lowest BCUT2D eigenvalue weighted by atomic mass is 9.96. The van der Waals surface area contributed by atoms with Gasteiger partial charge in [0, 0.05) is 18.4 Å². The number of amides is 2. The number of piperazine rings is 1. The minimum absolute atomic E-state index is 0.250. The van der Waals surface area contributed by atoms with E-state index in [1.165, 1.54) is 11.8 Å². The Morgan fingerprint density at radius 2 is 2.12 bits per heavy atom. The largest absolute Gasteiger partial charge is 0.458 e. The molecular weight excluding hydrogens is 352 g/mol. The molecular formula is C19H18N2O4S. The topological polar surface area (TPSA) is 78.9 Å². The third kappa shape index (κ3) is 1.82. The number of hydrogen-bond acceptors (Lipinski definition) is 5. The van der Waals surface area contributed by atoms with Crippen LogP contribution < -0.4 is 10.1 Å². The highest BCUT2D eigenvalue weighted by Crippen LogP contribution is 2.51. The van der Waals surface area contributed by atoms with Crippen LogP contribution in [0.3, 0.4) is 0 Å². The maximum atomic E-state index is 13.6. The van der Waals surface area contributed by atoms with Gasteiger partial charge in [0.05, 0.1) is 12.1 Å². The highest BCUT2D eigenvalue weighted by Gasteiger charge is 2.67. The molecule has 7 heteroatoms. The number of aliphatic hydroxyl groups excluding tert-OH is 1. The molecule has 4 aliphatic rings. The molecule has 0 aromatic heterocycles. The Labute approximate surface area is 154 Å². The number of allylic oxidation sites excluding steroid dienone is 2. The summed E-state index contributed by atoms with van der Waals surface area (Å²) >= 11 is 1.33. The van der Waals surface area contributed by atoms with Crippen LogP contribution >= 0.6 is 11.8 Å². The van der Waals surface area contributed by atoms with Gasteiger partial charge in [0.2, 0.25) is 0 Å². The van der Waals surface area contributed by atoms with Crippen LogP contribution in [0.1, 0.15) is 12.0 Å². The van der Waals surface area contributed by atoms with Crippen LogP contribution in [-0.4, -0.2) is 50.8 Å². The first-order chi connectivity index (χ1) is 12.5. The van der Waals surface area contributed by atoms with Crippen molar-refractivity contribution in [1.29, 1.82) is 0 Å². The summed E-state index contributed by atoms with van der Waals surface area (Å²) in [5, 5.41) is 13.4. The van der Waals surface area contributed by atoms with Gasteiger partial charge in [-0.05, 0) is 17.9 Å². The summed E-state index contributed by atoms with van der Waals surface area (Å²) in [6.07, 6.45) is 7.00. The van der Waals surface area contributed by atoms with Gasteiger partial charge in [-0.2, -0.15) is 0 Å². The van der Waals surface area contributed by atoms with Crippen molar-refractivity contribution >= 4 is 23.6 Å². The molecule has 134 valence electrons. The number of nitrogens with one attached hydrogen (secondary N) is 1. The maximum absolute atomic E-state index is 13.6. The molecule has 1 spiro atoms. The Morgan fingerprint density at radius 3 is 2.88 bits per heavy atom. The van der Waals surface area contributed by atoms with Crippen LogP contribution in [0.4, 0.5) is 0 Å². The van der Waals surface area contributed by atoms with Crippen LogP contribution in [0.15, 0.2) is 48.1 Å². The predicted octanol–water partition coefficient (Wildman–Crippen LogP) is 0.965. The van der Waals surface area contributed by atoms with Crippen LogP contribution in [0.2, 0.25) is 0 Å². The molecule has 3 aliphatic heterocycles. The summed E-state index contributed by atoms with van der Waals surface area (Å²) < 4.78 is 5.98. The minimum atomic E-state index is -1.43. The third-order valence-electron chi connectivity index (χ3n) is 5.70. The molecule has 0 radical (unpaired) electrons. The van der Waals surface area contributed by atoms with Gasteiger partial charge in [-0.1, -0.05) is 36.4 Å². The lowest BCUT2D eigenvalue weighted by molar-refractivity contribution is -0.170. The zero-order chi connectivity index (χ0) is 18.1. The minimum Gasteiger partial charge on any atom is -0.458 e.